The number of aliphatic hydroxyl groups is 1. The lowest BCUT2D eigenvalue weighted by Crippen LogP contribution is -2.37. The fraction of sp³-hybridized carbons (Fsp3) is 1.00. The zero-order valence-corrected chi connectivity index (χ0v) is 6.16. The molecule has 2 nitrogen and oxygen atoms in total. The van der Waals surface area contributed by atoms with Gasteiger partial charge in [0, 0.05) is 18.6 Å². The van der Waals surface area contributed by atoms with Crippen molar-refractivity contribution < 1.29 is 5.11 Å². The third-order valence-corrected chi connectivity index (χ3v) is 3.37. The van der Waals surface area contributed by atoms with Gasteiger partial charge < -0.3 is 10.8 Å². The molecule has 0 aliphatic heterocycles. The van der Waals surface area contributed by atoms with Gasteiger partial charge in [-0.2, -0.15) is 0 Å². The van der Waals surface area contributed by atoms with E-state index in [1.54, 1.807) is 0 Å². The van der Waals surface area contributed by atoms with Gasteiger partial charge in [0.15, 0.2) is 0 Å². The number of hydrogen-bond donors (Lipinski definition) is 2. The second-order valence-electron chi connectivity index (χ2n) is 3.76. The highest BCUT2D eigenvalue weighted by Gasteiger charge is 2.44. The van der Waals surface area contributed by atoms with Crippen molar-refractivity contribution in [3.8, 4) is 0 Å². The molecular formula is C8H15NO. The maximum atomic E-state index is 8.98. The molecule has 10 heavy (non-hydrogen) atoms. The van der Waals surface area contributed by atoms with E-state index < -0.39 is 0 Å². The third-order valence-electron chi connectivity index (χ3n) is 3.37. The van der Waals surface area contributed by atoms with Crippen molar-refractivity contribution >= 4 is 0 Å². The van der Waals surface area contributed by atoms with Crippen LogP contribution in [0.5, 0.6) is 0 Å². The molecule has 0 amide bonds. The van der Waals surface area contributed by atoms with E-state index in [1.807, 2.05) is 0 Å². The molecule has 2 aliphatic carbocycles. The Morgan fingerprint density at radius 1 is 1.30 bits per heavy atom. The van der Waals surface area contributed by atoms with Crippen LogP contribution in [-0.2, 0) is 0 Å². The van der Waals surface area contributed by atoms with Crippen LogP contribution in [0.2, 0.25) is 0 Å². The van der Waals surface area contributed by atoms with Gasteiger partial charge >= 0.3 is 0 Å². The minimum Gasteiger partial charge on any atom is -0.396 e. The average Bonchev–Trinajstić information content (AvgIpc) is 2.46. The summed E-state index contributed by atoms with van der Waals surface area (Å²) in [5.74, 6) is 1.92. The lowest BCUT2D eigenvalue weighted by atomic mass is 9.86. The van der Waals surface area contributed by atoms with Crippen molar-refractivity contribution in [3.05, 3.63) is 0 Å². The molecule has 2 heteroatoms. The Hall–Kier alpha value is -0.0800. The Morgan fingerprint density at radius 3 is 2.40 bits per heavy atom. The van der Waals surface area contributed by atoms with Gasteiger partial charge in [-0.3, -0.25) is 0 Å². The van der Waals surface area contributed by atoms with Crippen LogP contribution in [-0.4, -0.2) is 17.8 Å². The topological polar surface area (TPSA) is 46.2 Å². The molecule has 4 atom stereocenters. The highest BCUT2D eigenvalue weighted by atomic mass is 16.3. The minimum absolute atomic E-state index is 0.308. The molecule has 0 heterocycles. The third kappa shape index (κ3) is 0.722. The van der Waals surface area contributed by atoms with Crippen molar-refractivity contribution in [2.24, 2.45) is 23.5 Å². The summed E-state index contributed by atoms with van der Waals surface area (Å²) >= 11 is 0. The van der Waals surface area contributed by atoms with Gasteiger partial charge in [-0.1, -0.05) is 0 Å². The summed E-state index contributed by atoms with van der Waals surface area (Å²) in [6.45, 7) is 0.308. The van der Waals surface area contributed by atoms with Crippen molar-refractivity contribution in [2.75, 3.05) is 6.61 Å². The molecule has 2 aliphatic rings. The molecule has 3 N–H and O–H groups in total. The van der Waals surface area contributed by atoms with Crippen molar-refractivity contribution in [2.45, 2.75) is 25.3 Å². The standard InChI is InChI=1S/C8H15NO/c9-8-6-2-1-5(3-6)7(8)4-10/h5-8,10H,1-4,9H2/t5-,6-,7+,8+/m0/s1. The molecule has 0 spiro atoms. The minimum atomic E-state index is 0.308. The van der Waals surface area contributed by atoms with Crippen molar-refractivity contribution in [3.63, 3.8) is 0 Å². The van der Waals surface area contributed by atoms with E-state index in [2.05, 4.69) is 0 Å². The van der Waals surface area contributed by atoms with E-state index in [9.17, 15) is 0 Å². The largest absolute Gasteiger partial charge is 0.396 e. The SMILES string of the molecule is N[C@@H]1[C@H]2CC[C@@H](C2)[C@H]1CO. The summed E-state index contributed by atoms with van der Waals surface area (Å²) in [7, 11) is 0. The lowest BCUT2D eigenvalue weighted by molar-refractivity contribution is 0.159. The van der Waals surface area contributed by atoms with Crippen LogP contribution in [0.15, 0.2) is 0 Å². The van der Waals surface area contributed by atoms with Gasteiger partial charge in [-0.05, 0) is 31.1 Å². The van der Waals surface area contributed by atoms with Crippen LogP contribution in [0, 0.1) is 17.8 Å². The van der Waals surface area contributed by atoms with E-state index in [1.165, 1.54) is 19.3 Å². The Kier molecular flexibility index (Phi) is 1.46. The summed E-state index contributed by atoms with van der Waals surface area (Å²) in [6, 6.07) is 0.309. The Morgan fingerprint density at radius 2 is 2.00 bits per heavy atom. The van der Waals surface area contributed by atoms with Crippen LogP contribution in [0.25, 0.3) is 0 Å². The van der Waals surface area contributed by atoms with E-state index in [0.29, 0.717) is 18.6 Å². The molecule has 0 unspecified atom stereocenters. The fourth-order valence-electron chi connectivity index (χ4n) is 2.73. The first-order chi connectivity index (χ1) is 4.83. The summed E-state index contributed by atoms with van der Waals surface area (Å²) in [6.07, 6.45) is 3.90. The first-order valence-corrected chi connectivity index (χ1v) is 4.19. The first-order valence-electron chi connectivity index (χ1n) is 4.19. The van der Waals surface area contributed by atoms with Gasteiger partial charge in [0.2, 0.25) is 0 Å². The van der Waals surface area contributed by atoms with Gasteiger partial charge in [-0.25, -0.2) is 0 Å². The molecule has 2 rings (SSSR count). The monoisotopic (exact) mass is 141 g/mol. The smallest absolute Gasteiger partial charge is 0.0476 e. The molecular weight excluding hydrogens is 126 g/mol. The number of aliphatic hydroxyl groups excluding tert-OH is 1. The Bertz CT molecular complexity index is 135. The quantitative estimate of drug-likeness (QED) is 0.553. The molecule has 0 aromatic heterocycles. The summed E-state index contributed by atoms with van der Waals surface area (Å²) in [5.41, 5.74) is 5.91. The molecule has 0 aromatic carbocycles. The summed E-state index contributed by atoms with van der Waals surface area (Å²) < 4.78 is 0. The first kappa shape index (κ1) is 6.62. The number of rotatable bonds is 1. The van der Waals surface area contributed by atoms with Crippen molar-refractivity contribution in [1.29, 1.82) is 0 Å². The summed E-state index contributed by atoms with van der Waals surface area (Å²) in [4.78, 5) is 0. The Labute approximate surface area is 61.4 Å². The number of nitrogens with two attached hydrogens (primary N) is 1. The van der Waals surface area contributed by atoms with E-state index in [4.69, 9.17) is 10.8 Å². The van der Waals surface area contributed by atoms with E-state index >= 15 is 0 Å². The van der Waals surface area contributed by atoms with Gasteiger partial charge in [-0.15, -0.1) is 0 Å². The summed E-state index contributed by atoms with van der Waals surface area (Å²) in [5, 5.41) is 8.98. The molecule has 0 saturated heterocycles. The molecule has 0 aromatic rings. The highest BCUT2D eigenvalue weighted by molar-refractivity contribution is 4.98. The predicted octanol–water partition coefficient (Wildman–Crippen LogP) is 0.352. The van der Waals surface area contributed by atoms with E-state index in [-0.39, 0.29) is 0 Å². The maximum absolute atomic E-state index is 8.98. The molecule has 2 saturated carbocycles. The van der Waals surface area contributed by atoms with Crippen LogP contribution < -0.4 is 5.73 Å². The molecule has 2 fully saturated rings. The second-order valence-corrected chi connectivity index (χ2v) is 3.76. The van der Waals surface area contributed by atoms with Crippen LogP contribution in [0.3, 0.4) is 0 Å². The molecule has 58 valence electrons. The van der Waals surface area contributed by atoms with E-state index in [0.717, 1.165) is 11.8 Å². The molecule has 2 bridgehead atoms. The lowest BCUT2D eigenvalue weighted by Gasteiger charge is -2.25. The van der Waals surface area contributed by atoms with Crippen molar-refractivity contribution in [1.82, 2.24) is 0 Å². The van der Waals surface area contributed by atoms with Crippen LogP contribution >= 0.6 is 0 Å². The van der Waals surface area contributed by atoms with Crippen LogP contribution in [0.4, 0.5) is 0 Å². The highest BCUT2D eigenvalue weighted by Crippen LogP contribution is 2.47. The normalized spacial score (nSPS) is 52.2. The second kappa shape index (κ2) is 2.21. The number of hydrogen-bond acceptors (Lipinski definition) is 2. The average molecular weight is 141 g/mol. The number of fused-ring (bicyclic) bond motifs is 2. The Balaban J connectivity index is 2.10. The fourth-order valence-corrected chi connectivity index (χ4v) is 2.73. The van der Waals surface area contributed by atoms with Gasteiger partial charge in [0.1, 0.15) is 0 Å². The van der Waals surface area contributed by atoms with Gasteiger partial charge in [0.25, 0.3) is 0 Å². The maximum Gasteiger partial charge on any atom is 0.0476 e. The zero-order chi connectivity index (χ0) is 7.14. The van der Waals surface area contributed by atoms with Crippen LogP contribution in [0.1, 0.15) is 19.3 Å². The molecule has 0 radical (unpaired) electrons. The van der Waals surface area contributed by atoms with Gasteiger partial charge in [0.05, 0.1) is 0 Å². The predicted molar refractivity (Wildman–Crippen MR) is 39.4 cm³/mol. The zero-order valence-electron chi connectivity index (χ0n) is 6.16.